The Bertz CT molecular complexity index is 692. The second-order valence-corrected chi connectivity index (χ2v) is 6.47. The zero-order valence-corrected chi connectivity index (χ0v) is 14.1. The number of carbonyl (C=O) groups is 1. The van der Waals surface area contributed by atoms with E-state index >= 15 is 0 Å². The molecule has 1 N–H and O–H groups in total. The summed E-state index contributed by atoms with van der Waals surface area (Å²) in [5.41, 5.74) is 0.219. The van der Waals surface area contributed by atoms with Gasteiger partial charge >= 0.3 is 6.18 Å². The fourth-order valence-electron chi connectivity index (χ4n) is 2.00. The van der Waals surface area contributed by atoms with E-state index in [0.29, 0.717) is 17.9 Å². The molecule has 2 aromatic rings. The topological polar surface area (TPSA) is 29.1 Å². The predicted molar refractivity (Wildman–Crippen MR) is 90.3 cm³/mol. The Morgan fingerprint density at radius 2 is 1.83 bits per heavy atom. The van der Waals surface area contributed by atoms with E-state index < -0.39 is 11.7 Å². The number of hydrogen-bond acceptors (Lipinski definition) is 2. The van der Waals surface area contributed by atoms with Crippen LogP contribution < -0.4 is 5.32 Å². The first-order valence-corrected chi connectivity index (χ1v) is 8.53. The van der Waals surface area contributed by atoms with Gasteiger partial charge < -0.3 is 5.32 Å². The molecule has 2 rings (SSSR count). The molecule has 0 fully saturated rings. The number of rotatable bonds is 6. The Hall–Kier alpha value is -1.66. The van der Waals surface area contributed by atoms with E-state index in [0.717, 1.165) is 23.4 Å². The second kappa shape index (κ2) is 8.44. The van der Waals surface area contributed by atoms with Gasteiger partial charge in [-0.1, -0.05) is 41.9 Å². The van der Waals surface area contributed by atoms with Gasteiger partial charge in [0.25, 0.3) is 0 Å². The average molecular weight is 374 g/mol. The molecule has 1 amide bonds. The van der Waals surface area contributed by atoms with Crippen LogP contribution in [0, 0.1) is 0 Å². The largest absolute Gasteiger partial charge is 0.417 e. The lowest BCUT2D eigenvalue weighted by atomic mass is 10.1. The minimum absolute atomic E-state index is 0.0493. The van der Waals surface area contributed by atoms with Gasteiger partial charge in [-0.25, -0.2) is 0 Å². The maximum absolute atomic E-state index is 12.8. The van der Waals surface area contributed by atoms with Crippen molar-refractivity contribution < 1.29 is 18.0 Å². The van der Waals surface area contributed by atoms with Crippen molar-refractivity contribution in [1.29, 1.82) is 0 Å². The Labute approximate surface area is 147 Å². The summed E-state index contributed by atoms with van der Waals surface area (Å²) in [4.78, 5) is 12.1. The molecule has 128 valence electrons. The Morgan fingerprint density at radius 3 is 2.50 bits per heavy atom. The summed E-state index contributed by atoms with van der Waals surface area (Å²) in [5, 5.41) is 2.40. The predicted octanol–water partition coefficient (Wildman–Crippen LogP) is 4.81. The highest BCUT2D eigenvalue weighted by Gasteiger charge is 2.33. The molecule has 0 aromatic heterocycles. The molecule has 0 saturated carbocycles. The lowest BCUT2D eigenvalue weighted by Gasteiger charge is -2.11. The van der Waals surface area contributed by atoms with Crippen molar-refractivity contribution in [2.24, 2.45) is 0 Å². The van der Waals surface area contributed by atoms with Crippen LogP contribution in [0.25, 0.3) is 0 Å². The molecular formula is C17H15ClF3NOS. The van der Waals surface area contributed by atoms with Gasteiger partial charge in [0, 0.05) is 11.4 Å². The first kappa shape index (κ1) is 18.7. The molecule has 0 bridgehead atoms. The monoisotopic (exact) mass is 373 g/mol. The lowest BCUT2D eigenvalue weighted by molar-refractivity contribution is -0.137. The molecule has 0 unspecified atom stereocenters. The second-order valence-electron chi connectivity index (χ2n) is 5.01. The number of thioether (sulfide) groups is 1. The third kappa shape index (κ3) is 5.76. The number of nitrogens with one attached hydrogen (secondary N) is 1. The Kier molecular flexibility index (Phi) is 6.57. The number of amides is 1. The van der Waals surface area contributed by atoms with Gasteiger partial charge in [-0.3, -0.25) is 4.79 Å². The summed E-state index contributed by atoms with van der Waals surface area (Å²) in [7, 11) is 0. The van der Waals surface area contributed by atoms with Gasteiger partial charge in [-0.05, 0) is 30.2 Å². The van der Waals surface area contributed by atoms with E-state index in [9.17, 15) is 18.0 Å². The molecule has 0 atom stereocenters. The van der Waals surface area contributed by atoms with Crippen LogP contribution in [0.3, 0.4) is 0 Å². The molecule has 0 spiro atoms. The van der Waals surface area contributed by atoms with Crippen molar-refractivity contribution in [1.82, 2.24) is 5.32 Å². The molecule has 0 aliphatic rings. The molecule has 2 nitrogen and oxygen atoms in total. The van der Waals surface area contributed by atoms with Crippen molar-refractivity contribution in [3.8, 4) is 0 Å². The normalized spacial score (nSPS) is 11.3. The maximum atomic E-state index is 12.8. The van der Waals surface area contributed by atoms with Crippen LogP contribution in [0.2, 0.25) is 5.02 Å². The summed E-state index contributed by atoms with van der Waals surface area (Å²) in [6.45, 7) is 0.484. The third-order valence-electron chi connectivity index (χ3n) is 3.19. The molecule has 2 aromatic carbocycles. The summed E-state index contributed by atoms with van der Waals surface area (Å²) in [5.74, 6) is -0.173. The molecule has 0 heterocycles. The highest BCUT2D eigenvalue weighted by molar-refractivity contribution is 8.00. The van der Waals surface area contributed by atoms with Crippen LogP contribution >= 0.6 is 23.4 Å². The fourth-order valence-corrected chi connectivity index (χ4v) is 2.99. The van der Waals surface area contributed by atoms with Crippen molar-refractivity contribution in [3.63, 3.8) is 0 Å². The summed E-state index contributed by atoms with van der Waals surface area (Å²) in [6, 6.07) is 13.3. The maximum Gasteiger partial charge on any atom is 0.417 e. The van der Waals surface area contributed by atoms with Crippen LogP contribution in [0.1, 0.15) is 11.1 Å². The number of hydrogen-bond donors (Lipinski definition) is 1. The first-order valence-electron chi connectivity index (χ1n) is 7.16. The van der Waals surface area contributed by atoms with Crippen molar-refractivity contribution >= 4 is 29.3 Å². The van der Waals surface area contributed by atoms with Gasteiger partial charge in [0.1, 0.15) is 0 Å². The standard InChI is InChI=1S/C17H15ClF3NOS/c18-15-7-6-13(10-14(15)17(19,20)21)24-11-16(23)22-9-8-12-4-2-1-3-5-12/h1-7,10H,8-9,11H2,(H,22,23). The van der Waals surface area contributed by atoms with Gasteiger partial charge in [0.2, 0.25) is 5.91 Å². The van der Waals surface area contributed by atoms with Crippen molar-refractivity contribution in [3.05, 3.63) is 64.7 Å². The molecule has 0 aliphatic carbocycles. The fraction of sp³-hybridized carbons (Fsp3) is 0.235. The molecule has 0 saturated heterocycles. The Balaban J connectivity index is 1.81. The van der Waals surface area contributed by atoms with E-state index in [1.54, 1.807) is 0 Å². The molecule has 7 heteroatoms. The van der Waals surface area contributed by atoms with Crippen LogP contribution in [-0.2, 0) is 17.4 Å². The molecule has 0 radical (unpaired) electrons. The lowest BCUT2D eigenvalue weighted by Crippen LogP contribution is -2.27. The molecule has 0 aliphatic heterocycles. The molecule has 24 heavy (non-hydrogen) atoms. The van der Waals surface area contributed by atoms with Crippen LogP contribution in [0.15, 0.2) is 53.4 Å². The van der Waals surface area contributed by atoms with E-state index in [2.05, 4.69) is 5.32 Å². The minimum Gasteiger partial charge on any atom is -0.355 e. The third-order valence-corrected chi connectivity index (χ3v) is 4.52. The van der Waals surface area contributed by atoms with Crippen molar-refractivity contribution in [2.75, 3.05) is 12.3 Å². The van der Waals surface area contributed by atoms with Crippen LogP contribution in [0.5, 0.6) is 0 Å². The first-order chi connectivity index (χ1) is 11.4. The Morgan fingerprint density at radius 1 is 1.12 bits per heavy atom. The SMILES string of the molecule is O=C(CSc1ccc(Cl)c(C(F)(F)F)c1)NCCc1ccccc1. The van der Waals surface area contributed by atoms with E-state index in [1.165, 1.54) is 12.1 Å². The zero-order valence-electron chi connectivity index (χ0n) is 12.6. The smallest absolute Gasteiger partial charge is 0.355 e. The van der Waals surface area contributed by atoms with Crippen molar-refractivity contribution in [2.45, 2.75) is 17.5 Å². The van der Waals surface area contributed by atoms with E-state index in [4.69, 9.17) is 11.6 Å². The summed E-state index contributed by atoms with van der Waals surface area (Å²) < 4.78 is 38.3. The average Bonchev–Trinajstić information content (AvgIpc) is 2.54. The highest BCUT2D eigenvalue weighted by Crippen LogP contribution is 2.36. The van der Waals surface area contributed by atoms with Crippen LogP contribution in [0.4, 0.5) is 13.2 Å². The number of carbonyl (C=O) groups excluding carboxylic acids is 1. The molecular weight excluding hydrogens is 359 g/mol. The summed E-state index contributed by atoms with van der Waals surface area (Å²) >= 11 is 6.60. The van der Waals surface area contributed by atoms with Gasteiger partial charge in [0.15, 0.2) is 0 Å². The van der Waals surface area contributed by atoms with Gasteiger partial charge in [-0.2, -0.15) is 13.2 Å². The van der Waals surface area contributed by atoms with E-state index in [1.807, 2.05) is 30.3 Å². The zero-order chi connectivity index (χ0) is 17.6. The number of benzene rings is 2. The number of alkyl halides is 3. The van der Waals surface area contributed by atoms with Crippen LogP contribution in [-0.4, -0.2) is 18.2 Å². The number of halogens is 4. The highest BCUT2D eigenvalue weighted by atomic mass is 35.5. The minimum atomic E-state index is -4.51. The van der Waals surface area contributed by atoms with Gasteiger partial charge in [-0.15, -0.1) is 11.8 Å². The van der Waals surface area contributed by atoms with Gasteiger partial charge in [0.05, 0.1) is 16.3 Å². The van der Waals surface area contributed by atoms with E-state index in [-0.39, 0.29) is 16.7 Å². The quantitative estimate of drug-likeness (QED) is 0.736. The summed E-state index contributed by atoms with van der Waals surface area (Å²) in [6.07, 6.45) is -3.80.